The third-order valence-electron chi connectivity index (χ3n) is 4.85. The Kier molecular flexibility index (Phi) is 3.37. The first-order chi connectivity index (χ1) is 12.9. The van der Waals surface area contributed by atoms with Gasteiger partial charge in [0.2, 0.25) is 0 Å². The van der Waals surface area contributed by atoms with Crippen LogP contribution in [0.3, 0.4) is 0 Å². The third kappa shape index (κ3) is 2.16. The third-order valence-corrected chi connectivity index (χ3v) is 4.85. The standard InChI is InChI=1S/C22H17N3O/c26-15-24-21-9-5-4-8-18(21)19-14-17(10-11-22(19)24)25-20(12-13-23-25)16-6-2-1-3-7-16/h1-14,26H,15H2. The smallest absolute Gasteiger partial charge is 0.120 e. The number of fused-ring (bicyclic) bond motifs is 3. The maximum atomic E-state index is 9.81. The van der Waals surface area contributed by atoms with Gasteiger partial charge in [-0.15, -0.1) is 0 Å². The lowest BCUT2D eigenvalue weighted by Crippen LogP contribution is -1.99. The molecule has 0 atom stereocenters. The summed E-state index contributed by atoms with van der Waals surface area (Å²) >= 11 is 0. The van der Waals surface area contributed by atoms with Gasteiger partial charge in [0.1, 0.15) is 6.73 Å². The summed E-state index contributed by atoms with van der Waals surface area (Å²) < 4.78 is 3.88. The number of para-hydroxylation sites is 1. The van der Waals surface area contributed by atoms with Crippen molar-refractivity contribution in [3.8, 4) is 16.9 Å². The number of benzene rings is 3. The molecule has 0 aliphatic carbocycles. The van der Waals surface area contributed by atoms with E-state index in [9.17, 15) is 5.11 Å². The van der Waals surface area contributed by atoms with Crippen LogP contribution < -0.4 is 0 Å². The summed E-state index contributed by atoms with van der Waals surface area (Å²) in [7, 11) is 0. The average molecular weight is 339 g/mol. The van der Waals surface area contributed by atoms with Gasteiger partial charge in [-0.3, -0.25) is 0 Å². The van der Waals surface area contributed by atoms with Crippen molar-refractivity contribution in [1.29, 1.82) is 0 Å². The van der Waals surface area contributed by atoms with Crippen LogP contribution in [0.5, 0.6) is 0 Å². The molecule has 4 heteroatoms. The summed E-state index contributed by atoms with van der Waals surface area (Å²) in [5.41, 5.74) is 5.23. The predicted molar refractivity (Wildman–Crippen MR) is 104 cm³/mol. The van der Waals surface area contributed by atoms with E-state index in [0.29, 0.717) is 0 Å². The molecular weight excluding hydrogens is 322 g/mol. The average Bonchev–Trinajstić information content (AvgIpc) is 3.31. The number of hydrogen-bond donors (Lipinski definition) is 1. The number of rotatable bonds is 3. The minimum Gasteiger partial charge on any atom is -0.376 e. The number of aliphatic hydroxyl groups excluding tert-OH is 1. The van der Waals surface area contributed by atoms with Crippen LogP contribution in [0, 0.1) is 0 Å². The molecule has 0 radical (unpaired) electrons. The van der Waals surface area contributed by atoms with E-state index in [1.165, 1.54) is 0 Å². The Morgan fingerprint density at radius 2 is 1.54 bits per heavy atom. The minimum atomic E-state index is -0.0413. The highest BCUT2D eigenvalue weighted by Gasteiger charge is 2.12. The number of aliphatic hydroxyl groups is 1. The molecule has 0 unspecified atom stereocenters. The van der Waals surface area contributed by atoms with Crippen LogP contribution >= 0.6 is 0 Å². The van der Waals surface area contributed by atoms with E-state index in [2.05, 4.69) is 35.4 Å². The molecule has 126 valence electrons. The quantitative estimate of drug-likeness (QED) is 0.522. The van der Waals surface area contributed by atoms with Crippen molar-refractivity contribution >= 4 is 21.8 Å². The Hall–Kier alpha value is -3.37. The molecule has 3 aromatic carbocycles. The van der Waals surface area contributed by atoms with Crippen molar-refractivity contribution in [3.05, 3.63) is 85.1 Å². The molecule has 0 saturated carbocycles. The highest BCUT2D eigenvalue weighted by molar-refractivity contribution is 6.08. The Labute approximate surface area is 150 Å². The zero-order chi connectivity index (χ0) is 17.5. The Bertz CT molecular complexity index is 1220. The van der Waals surface area contributed by atoms with E-state index < -0.39 is 0 Å². The molecule has 0 bridgehead atoms. The molecule has 26 heavy (non-hydrogen) atoms. The topological polar surface area (TPSA) is 43.0 Å². The highest BCUT2D eigenvalue weighted by atomic mass is 16.3. The minimum absolute atomic E-state index is 0.0413. The molecule has 2 heterocycles. The van der Waals surface area contributed by atoms with E-state index in [-0.39, 0.29) is 6.73 Å². The number of aromatic nitrogens is 3. The maximum Gasteiger partial charge on any atom is 0.120 e. The second kappa shape index (κ2) is 5.86. The van der Waals surface area contributed by atoms with Crippen molar-refractivity contribution in [2.75, 3.05) is 0 Å². The van der Waals surface area contributed by atoms with Crippen molar-refractivity contribution < 1.29 is 5.11 Å². The van der Waals surface area contributed by atoms with Gasteiger partial charge in [0.25, 0.3) is 0 Å². The Morgan fingerprint density at radius 3 is 2.38 bits per heavy atom. The highest BCUT2D eigenvalue weighted by Crippen LogP contribution is 2.31. The first kappa shape index (κ1) is 14.9. The SMILES string of the molecule is OCn1c2ccccc2c2cc(-n3nccc3-c3ccccc3)ccc21. The van der Waals surface area contributed by atoms with Crippen LogP contribution in [0.1, 0.15) is 0 Å². The lowest BCUT2D eigenvalue weighted by molar-refractivity contribution is 0.220. The van der Waals surface area contributed by atoms with Gasteiger partial charge in [-0.05, 0) is 30.3 Å². The predicted octanol–water partition coefficient (Wildman–Crippen LogP) is 4.60. The van der Waals surface area contributed by atoms with Crippen molar-refractivity contribution in [1.82, 2.24) is 14.3 Å². The molecule has 5 aromatic rings. The van der Waals surface area contributed by atoms with Gasteiger partial charge in [-0.2, -0.15) is 5.10 Å². The van der Waals surface area contributed by atoms with E-state index in [0.717, 1.165) is 38.8 Å². The van der Waals surface area contributed by atoms with E-state index in [1.54, 1.807) is 0 Å². The van der Waals surface area contributed by atoms with E-state index in [1.807, 2.05) is 64.0 Å². The molecule has 5 rings (SSSR count). The maximum absolute atomic E-state index is 9.81. The second-order valence-corrected chi connectivity index (χ2v) is 6.28. The number of nitrogens with zero attached hydrogens (tertiary/aromatic N) is 3. The van der Waals surface area contributed by atoms with Gasteiger partial charge >= 0.3 is 0 Å². The fourth-order valence-corrected chi connectivity index (χ4v) is 3.66. The molecule has 0 saturated heterocycles. The van der Waals surface area contributed by atoms with E-state index in [4.69, 9.17) is 0 Å². The second-order valence-electron chi connectivity index (χ2n) is 6.28. The molecule has 0 amide bonds. The van der Waals surface area contributed by atoms with Crippen LogP contribution in [-0.2, 0) is 6.73 Å². The van der Waals surface area contributed by atoms with Gasteiger partial charge < -0.3 is 9.67 Å². The molecular formula is C22H17N3O. The Morgan fingerprint density at radius 1 is 0.769 bits per heavy atom. The first-order valence-corrected chi connectivity index (χ1v) is 8.58. The van der Waals surface area contributed by atoms with Crippen LogP contribution in [0.2, 0.25) is 0 Å². The van der Waals surface area contributed by atoms with Crippen LogP contribution in [0.4, 0.5) is 0 Å². The summed E-state index contributed by atoms with van der Waals surface area (Å²) in [5, 5.41) is 16.6. The molecule has 4 nitrogen and oxygen atoms in total. The fraction of sp³-hybridized carbons (Fsp3) is 0.0455. The van der Waals surface area contributed by atoms with Crippen LogP contribution in [0.15, 0.2) is 85.1 Å². The normalized spacial score (nSPS) is 11.4. The molecule has 0 fully saturated rings. The zero-order valence-corrected chi connectivity index (χ0v) is 14.1. The summed E-state index contributed by atoms with van der Waals surface area (Å²) in [4.78, 5) is 0. The molecule has 0 spiro atoms. The van der Waals surface area contributed by atoms with Crippen molar-refractivity contribution in [2.45, 2.75) is 6.73 Å². The Balaban J connectivity index is 1.75. The summed E-state index contributed by atoms with van der Waals surface area (Å²) in [6, 6.07) is 26.7. The summed E-state index contributed by atoms with van der Waals surface area (Å²) in [5.74, 6) is 0. The lowest BCUT2D eigenvalue weighted by atomic mass is 10.1. The zero-order valence-electron chi connectivity index (χ0n) is 14.1. The van der Waals surface area contributed by atoms with Gasteiger partial charge in [-0.25, -0.2) is 4.68 Å². The summed E-state index contributed by atoms with van der Waals surface area (Å²) in [6.45, 7) is -0.0413. The summed E-state index contributed by atoms with van der Waals surface area (Å²) in [6.07, 6.45) is 1.82. The fourth-order valence-electron chi connectivity index (χ4n) is 3.66. The van der Waals surface area contributed by atoms with Gasteiger partial charge in [0.05, 0.1) is 28.6 Å². The molecule has 2 aromatic heterocycles. The van der Waals surface area contributed by atoms with Gasteiger partial charge in [0, 0.05) is 16.3 Å². The largest absolute Gasteiger partial charge is 0.376 e. The number of hydrogen-bond acceptors (Lipinski definition) is 2. The monoisotopic (exact) mass is 339 g/mol. The molecule has 0 aliphatic heterocycles. The molecule has 0 aliphatic rings. The van der Waals surface area contributed by atoms with Crippen LogP contribution in [0.25, 0.3) is 38.8 Å². The van der Waals surface area contributed by atoms with Crippen LogP contribution in [-0.4, -0.2) is 19.5 Å². The first-order valence-electron chi connectivity index (χ1n) is 8.58. The van der Waals surface area contributed by atoms with E-state index >= 15 is 0 Å². The van der Waals surface area contributed by atoms with Gasteiger partial charge in [0.15, 0.2) is 0 Å². The van der Waals surface area contributed by atoms with Crippen molar-refractivity contribution in [3.63, 3.8) is 0 Å². The lowest BCUT2D eigenvalue weighted by Gasteiger charge is -2.09. The van der Waals surface area contributed by atoms with Crippen molar-refractivity contribution in [2.24, 2.45) is 0 Å². The van der Waals surface area contributed by atoms with Gasteiger partial charge in [-0.1, -0.05) is 48.5 Å². The molecule has 1 N–H and O–H groups in total.